The van der Waals surface area contributed by atoms with Crippen molar-refractivity contribution in [1.29, 1.82) is 0 Å². The molecule has 3 N–H and O–H groups in total. The van der Waals surface area contributed by atoms with Gasteiger partial charge >= 0.3 is 12.3 Å². The minimum atomic E-state index is -4.51. The van der Waals surface area contributed by atoms with Crippen LogP contribution in [-0.2, 0) is 30.4 Å². The van der Waals surface area contributed by atoms with Gasteiger partial charge in [-0.3, -0.25) is 0 Å². The zero-order chi connectivity index (χ0) is 28.7. The number of hydrogen-bond donors (Lipinski definition) is 3. The minimum Gasteiger partial charge on any atom is -0.445 e. The second-order valence-corrected chi connectivity index (χ2v) is 9.65. The Hall–Kier alpha value is -3.10. The fraction of sp³-hybridized carbons (Fsp3) is 0.452. The van der Waals surface area contributed by atoms with Crippen LogP contribution in [0.2, 0.25) is 0 Å². The van der Waals surface area contributed by atoms with Gasteiger partial charge in [-0.1, -0.05) is 73.2 Å². The van der Waals surface area contributed by atoms with Crippen molar-refractivity contribution in [2.45, 2.75) is 77.1 Å². The summed E-state index contributed by atoms with van der Waals surface area (Å²) in [6, 6.07) is 13.3. The summed E-state index contributed by atoms with van der Waals surface area (Å²) >= 11 is 0. The van der Waals surface area contributed by atoms with E-state index in [1.165, 1.54) is 11.6 Å². The first-order valence-corrected chi connectivity index (χ1v) is 13.4. The fourth-order valence-electron chi connectivity index (χ4n) is 4.21. The van der Waals surface area contributed by atoms with Crippen LogP contribution in [0, 0.1) is 0 Å². The number of amides is 1. The van der Waals surface area contributed by atoms with E-state index in [4.69, 9.17) is 4.74 Å². The summed E-state index contributed by atoms with van der Waals surface area (Å²) in [6.45, 7) is 2.81. The van der Waals surface area contributed by atoms with Crippen LogP contribution >= 0.6 is 0 Å². The third kappa shape index (κ3) is 10.9. The molecule has 0 bridgehead atoms. The van der Waals surface area contributed by atoms with Crippen LogP contribution in [0.5, 0.6) is 0 Å². The molecule has 0 aliphatic heterocycles. The van der Waals surface area contributed by atoms with Crippen molar-refractivity contribution in [2.75, 3.05) is 13.2 Å². The molecule has 2 aromatic rings. The first-order chi connectivity index (χ1) is 18.7. The summed E-state index contributed by atoms with van der Waals surface area (Å²) in [5.74, 6) is 0. The van der Waals surface area contributed by atoms with Crippen molar-refractivity contribution in [2.24, 2.45) is 0 Å². The molecule has 0 atom stereocenters. The summed E-state index contributed by atoms with van der Waals surface area (Å²) in [5.41, 5.74) is 0.472. The fourth-order valence-corrected chi connectivity index (χ4v) is 4.21. The van der Waals surface area contributed by atoms with Crippen LogP contribution in [0.1, 0.15) is 68.2 Å². The van der Waals surface area contributed by atoms with Gasteiger partial charge in [-0.15, -0.1) is 0 Å². The van der Waals surface area contributed by atoms with Crippen molar-refractivity contribution in [3.63, 3.8) is 0 Å². The Balaban J connectivity index is 2.02. The molecule has 0 heterocycles. The highest BCUT2D eigenvalue weighted by atomic mass is 19.4. The smallest absolute Gasteiger partial charge is 0.416 e. The number of nitrogens with one attached hydrogen (secondary N) is 1. The molecule has 2 rings (SSSR count). The summed E-state index contributed by atoms with van der Waals surface area (Å²) in [7, 11) is 0. The van der Waals surface area contributed by atoms with E-state index in [0.717, 1.165) is 30.9 Å². The Morgan fingerprint density at radius 3 is 2.33 bits per heavy atom. The number of alkyl halides is 3. The van der Waals surface area contributed by atoms with Crippen LogP contribution in [-0.4, -0.2) is 35.1 Å². The normalized spacial score (nSPS) is 12.6. The molecule has 0 aliphatic carbocycles. The number of carbonyl (C=O) groups excluding carboxylic acids is 1. The lowest BCUT2D eigenvalue weighted by Gasteiger charge is -2.30. The third-order valence-electron chi connectivity index (χ3n) is 6.66. The highest BCUT2D eigenvalue weighted by molar-refractivity contribution is 5.68. The van der Waals surface area contributed by atoms with Gasteiger partial charge in [0, 0.05) is 0 Å². The molecule has 0 aliphatic rings. The summed E-state index contributed by atoms with van der Waals surface area (Å²) < 4.78 is 46.9. The Kier molecular flexibility index (Phi) is 13.3. The zero-order valence-electron chi connectivity index (χ0n) is 22.8. The van der Waals surface area contributed by atoms with Gasteiger partial charge in [-0.05, 0) is 74.6 Å². The molecule has 5 nitrogen and oxygen atoms in total. The van der Waals surface area contributed by atoms with Crippen LogP contribution in [0.15, 0.2) is 72.3 Å². The number of aliphatic hydroxyl groups excluding tert-OH is 2. The van der Waals surface area contributed by atoms with E-state index in [1.807, 2.05) is 19.1 Å². The maximum absolute atomic E-state index is 13.9. The maximum atomic E-state index is 13.9. The summed E-state index contributed by atoms with van der Waals surface area (Å²) in [6.07, 6.45) is 4.44. The monoisotopic (exact) mass is 547 g/mol. The number of ether oxygens (including phenoxy) is 1. The van der Waals surface area contributed by atoms with E-state index < -0.39 is 36.6 Å². The second-order valence-electron chi connectivity index (χ2n) is 9.65. The van der Waals surface area contributed by atoms with Crippen LogP contribution in [0.25, 0.3) is 0 Å². The molecular formula is C31H40F3NO4. The highest BCUT2D eigenvalue weighted by Crippen LogP contribution is 2.34. The molecule has 0 spiro atoms. The predicted octanol–water partition coefficient (Wildman–Crippen LogP) is 6.91. The van der Waals surface area contributed by atoms with Gasteiger partial charge in [-0.2, -0.15) is 13.2 Å². The molecule has 39 heavy (non-hydrogen) atoms. The number of aryl methyl sites for hydroxylation is 2. The van der Waals surface area contributed by atoms with Crippen molar-refractivity contribution < 1.29 is 32.9 Å². The average molecular weight is 548 g/mol. The lowest BCUT2D eigenvalue weighted by Crippen LogP contribution is -2.54. The van der Waals surface area contributed by atoms with Crippen LogP contribution in [0.4, 0.5) is 18.0 Å². The number of benzene rings is 2. The van der Waals surface area contributed by atoms with Gasteiger partial charge in [0.25, 0.3) is 0 Å². The number of halogens is 3. The largest absolute Gasteiger partial charge is 0.445 e. The van der Waals surface area contributed by atoms with Gasteiger partial charge in [0.2, 0.25) is 0 Å². The molecule has 8 heteroatoms. The molecule has 0 unspecified atom stereocenters. The zero-order valence-corrected chi connectivity index (χ0v) is 22.8. The molecule has 2 aromatic carbocycles. The molecule has 0 radical (unpaired) electrons. The summed E-state index contributed by atoms with van der Waals surface area (Å²) in [5, 5.41) is 22.3. The Morgan fingerprint density at radius 1 is 1.00 bits per heavy atom. The van der Waals surface area contributed by atoms with Gasteiger partial charge in [0.1, 0.15) is 6.61 Å². The molecule has 1 amide bonds. The number of unbranched alkanes of at least 4 members (excludes halogenated alkanes) is 1. The van der Waals surface area contributed by atoms with Gasteiger partial charge in [0.15, 0.2) is 0 Å². The van der Waals surface area contributed by atoms with Gasteiger partial charge in [-0.25, -0.2) is 4.79 Å². The molecule has 0 fully saturated rings. The predicted molar refractivity (Wildman–Crippen MR) is 147 cm³/mol. The number of allylic oxidation sites excluding steroid dienone is 4. The standard InChI is InChI=1S/C31H40F3NO4/c1-3-5-11-24(4-2)12-9-10-15-27-17-16-25(20-28(27)31(32,33)34)18-19-30(22-36,23-37)35-29(38)39-21-26-13-7-6-8-14-26/h4-8,11,13-14,16-17,20,36-37H,3,9-10,12,15,18-19,21-23H2,1-2H3,(H,35,38)/b11-5-,24-4+. The lowest BCUT2D eigenvalue weighted by atomic mass is 9.90. The Labute approximate surface area is 229 Å². The first-order valence-electron chi connectivity index (χ1n) is 13.4. The van der Waals surface area contributed by atoms with Gasteiger partial charge < -0.3 is 20.3 Å². The molecule has 214 valence electrons. The van der Waals surface area contributed by atoms with Crippen LogP contribution in [0.3, 0.4) is 0 Å². The van der Waals surface area contributed by atoms with E-state index in [-0.39, 0.29) is 25.0 Å². The van der Waals surface area contributed by atoms with E-state index in [0.29, 0.717) is 18.4 Å². The van der Waals surface area contributed by atoms with E-state index in [1.54, 1.807) is 30.3 Å². The number of rotatable bonds is 15. The van der Waals surface area contributed by atoms with Crippen molar-refractivity contribution in [3.05, 3.63) is 94.6 Å². The third-order valence-corrected chi connectivity index (χ3v) is 6.66. The average Bonchev–Trinajstić information content (AvgIpc) is 2.94. The lowest BCUT2D eigenvalue weighted by molar-refractivity contribution is -0.138. The Morgan fingerprint density at radius 2 is 1.72 bits per heavy atom. The molecule has 0 saturated carbocycles. The van der Waals surface area contributed by atoms with Crippen molar-refractivity contribution in [1.82, 2.24) is 5.32 Å². The SMILES string of the molecule is C/C=C(\C=C/CC)CCCCc1ccc(CCC(CO)(CO)NC(=O)OCc2ccccc2)cc1C(F)(F)F. The molecular weight excluding hydrogens is 507 g/mol. The summed E-state index contributed by atoms with van der Waals surface area (Å²) in [4.78, 5) is 12.3. The Bertz CT molecular complexity index is 1080. The number of aliphatic hydroxyl groups is 2. The number of hydrogen-bond acceptors (Lipinski definition) is 4. The van der Waals surface area contributed by atoms with E-state index in [9.17, 15) is 28.2 Å². The number of alkyl carbamates (subject to hydrolysis) is 1. The van der Waals surface area contributed by atoms with Gasteiger partial charge in [0.05, 0.1) is 24.3 Å². The van der Waals surface area contributed by atoms with Crippen LogP contribution < -0.4 is 5.32 Å². The first kappa shape index (κ1) is 32.1. The minimum absolute atomic E-state index is 0.00149. The maximum Gasteiger partial charge on any atom is 0.416 e. The van der Waals surface area contributed by atoms with E-state index in [2.05, 4.69) is 24.4 Å². The highest BCUT2D eigenvalue weighted by Gasteiger charge is 2.34. The molecule has 0 saturated heterocycles. The van der Waals surface area contributed by atoms with E-state index >= 15 is 0 Å². The van der Waals surface area contributed by atoms with Crippen molar-refractivity contribution >= 4 is 6.09 Å². The number of carbonyl (C=O) groups is 1. The molecule has 0 aromatic heterocycles. The quantitative estimate of drug-likeness (QED) is 0.167. The second kappa shape index (κ2) is 16.1. The van der Waals surface area contributed by atoms with Crippen molar-refractivity contribution in [3.8, 4) is 0 Å². The topological polar surface area (TPSA) is 78.8 Å².